The molecule has 1 unspecified atom stereocenters. The Morgan fingerprint density at radius 3 is 2.60 bits per heavy atom. The topological polar surface area (TPSA) is 75.4 Å². The largest absolute Gasteiger partial charge is 0.352 e. The number of carbonyl (C=O) groups is 2. The third-order valence-electron chi connectivity index (χ3n) is 2.25. The monoisotopic (exact) mass is 213 g/mol. The van der Waals surface area contributed by atoms with Crippen molar-refractivity contribution in [2.75, 3.05) is 13.6 Å². The summed E-state index contributed by atoms with van der Waals surface area (Å²) in [6, 6.07) is 0.181. The van der Waals surface area contributed by atoms with Crippen LogP contribution in [0.2, 0.25) is 0 Å². The van der Waals surface area contributed by atoms with Gasteiger partial charge in [-0.25, -0.2) is 0 Å². The Balaban J connectivity index is 2.23. The standard InChI is InChI=1S/C10H19N3O2/c1-7(11)5-10(15)13(2)6-9(14)12-8-3-4-8/h7-8H,3-6,11H2,1-2H3,(H,12,14). The summed E-state index contributed by atoms with van der Waals surface area (Å²) in [6.07, 6.45) is 2.40. The van der Waals surface area contributed by atoms with Crippen LogP contribution in [0.4, 0.5) is 0 Å². The molecule has 1 atom stereocenters. The first-order chi connectivity index (χ1) is 6.99. The van der Waals surface area contributed by atoms with Crippen LogP contribution >= 0.6 is 0 Å². The molecule has 1 saturated carbocycles. The average Bonchev–Trinajstić information content (AvgIpc) is 2.86. The molecule has 0 heterocycles. The van der Waals surface area contributed by atoms with E-state index in [-0.39, 0.29) is 30.8 Å². The van der Waals surface area contributed by atoms with Crippen LogP contribution in [0.25, 0.3) is 0 Å². The molecule has 2 amide bonds. The lowest BCUT2D eigenvalue weighted by atomic mass is 10.2. The van der Waals surface area contributed by atoms with E-state index >= 15 is 0 Å². The van der Waals surface area contributed by atoms with Crippen LogP contribution in [0.3, 0.4) is 0 Å². The number of amides is 2. The normalized spacial score (nSPS) is 17.0. The van der Waals surface area contributed by atoms with Crippen molar-refractivity contribution in [2.24, 2.45) is 5.73 Å². The maximum Gasteiger partial charge on any atom is 0.239 e. The number of hydrogen-bond acceptors (Lipinski definition) is 3. The number of nitrogens with one attached hydrogen (secondary N) is 1. The van der Waals surface area contributed by atoms with Gasteiger partial charge in [0.05, 0.1) is 6.54 Å². The van der Waals surface area contributed by atoms with E-state index in [0.717, 1.165) is 12.8 Å². The predicted octanol–water partition coefficient (Wildman–Crippen LogP) is -0.539. The maximum absolute atomic E-state index is 11.5. The lowest BCUT2D eigenvalue weighted by Gasteiger charge is -2.17. The quantitative estimate of drug-likeness (QED) is 0.644. The molecule has 1 aliphatic carbocycles. The van der Waals surface area contributed by atoms with Gasteiger partial charge in [0.15, 0.2) is 0 Å². The van der Waals surface area contributed by atoms with Crippen LogP contribution in [0.1, 0.15) is 26.2 Å². The predicted molar refractivity (Wildman–Crippen MR) is 57.1 cm³/mol. The van der Waals surface area contributed by atoms with Gasteiger partial charge in [0.1, 0.15) is 0 Å². The highest BCUT2D eigenvalue weighted by molar-refractivity contribution is 5.85. The summed E-state index contributed by atoms with van der Waals surface area (Å²) < 4.78 is 0. The molecule has 5 nitrogen and oxygen atoms in total. The van der Waals surface area contributed by atoms with E-state index in [1.54, 1.807) is 14.0 Å². The van der Waals surface area contributed by atoms with Crippen molar-refractivity contribution in [3.8, 4) is 0 Å². The van der Waals surface area contributed by atoms with Gasteiger partial charge < -0.3 is 16.0 Å². The molecule has 0 aromatic heterocycles. The zero-order valence-electron chi connectivity index (χ0n) is 9.32. The number of nitrogens with two attached hydrogens (primary N) is 1. The van der Waals surface area contributed by atoms with Crippen molar-refractivity contribution in [3.63, 3.8) is 0 Å². The van der Waals surface area contributed by atoms with Gasteiger partial charge in [-0.2, -0.15) is 0 Å². The molecule has 1 fully saturated rings. The fourth-order valence-corrected chi connectivity index (χ4v) is 1.24. The Hall–Kier alpha value is -1.10. The molecule has 15 heavy (non-hydrogen) atoms. The van der Waals surface area contributed by atoms with Gasteiger partial charge in [0.2, 0.25) is 11.8 Å². The minimum absolute atomic E-state index is 0.0852. The van der Waals surface area contributed by atoms with Crippen LogP contribution in [0.15, 0.2) is 0 Å². The Labute approximate surface area is 90.0 Å². The van der Waals surface area contributed by atoms with Crippen molar-refractivity contribution in [3.05, 3.63) is 0 Å². The summed E-state index contributed by atoms with van der Waals surface area (Å²) in [6.45, 7) is 1.90. The molecule has 0 aromatic rings. The Morgan fingerprint density at radius 2 is 2.13 bits per heavy atom. The summed E-state index contributed by atoms with van der Waals surface area (Å²) in [5.74, 6) is -0.172. The van der Waals surface area contributed by atoms with Gasteiger partial charge in [-0.1, -0.05) is 0 Å². The summed E-state index contributed by atoms with van der Waals surface area (Å²) >= 11 is 0. The van der Waals surface area contributed by atoms with Gasteiger partial charge in [-0.15, -0.1) is 0 Å². The highest BCUT2D eigenvalue weighted by atomic mass is 16.2. The van der Waals surface area contributed by atoms with Crippen molar-refractivity contribution in [1.29, 1.82) is 0 Å². The Morgan fingerprint density at radius 1 is 1.53 bits per heavy atom. The Kier molecular flexibility index (Phi) is 4.08. The molecule has 0 bridgehead atoms. The van der Waals surface area contributed by atoms with Gasteiger partial charge in [-0.05, 0) is 19.8 Å². The maximum atomic E-state index is 11.5. The van der Waals surface area contributed by atoms with E-state index in [9.17, 15) is 9.59 Å². The van der Waals surface area contributed by atoms with E-state index in [0.29, 0.717) is 6.04 Å². The molecule has 5 heteroatoms. The smallest absolute Gasteiger partial charge is 0.239 e. The van der Waals surface area contributed by atoms with Crippen LogP contribution in [-0.2, 0) is 9.59 Å². The molecule has 0 radical (unpaired) electrons. The molecule has 0 saturated heterocycles. The highest BCUT2D eigenvalue weighted by Gasteiger charge is 2.24. The first-order valence-corrected chi connectivity index (χ1v) is 5.28. The lowest BCUT2D eigenvalue weighted by Crippen LogP contribution is -2.40. The molecule has 1 aliphatic rings. The SMILES string of the molecule is CC(N)CC(=O)N(C)CC(=O)NC1CC1. The van der Waals surface area contributed by atoms with Gasteiger partial charge >= 0.3 is 0 Å². The minimum Gasteiger partial charge on any atom is -0.352 e. The highest BCUT2D eigenvalue weighted by Crippen LogP contribution is 2.18. The number of hydrogen-bond donors (Lipinski definition) is 2. The van der Waals surface area contributed by atoms with E-state index < -0.39 is 0 Å². The summed E-state index contributed by atoms with van der Waals surface area (Å²) in [5, 5.41) is 2.83. The number of carbonyl (C=O) groups excluding carboxylic acids is 2. The molecule has 0 spiro atoms. The number of rotatable bonds is 5. The number of nitrogens with zero attached hydrogens (tertiary/aromatic N) is 1. The second kappa shape index (κ2) is 5.11. The molecule has 3 N–H and O–H groups in total. The molecule has 86 valence electrons. The van der Waals surface area contributed by atoms with Gasteiger partial charge in [0, 0.05) is 25.6 Å². The van der Waals surface area contributed by atoms with E-state index in [2.05, 4.69) is 5.32 Å². The van der Waals surface area contributed by atoms with Crippen LogP contribution in [-0.4, -0.2) is 42.4 Å². The second-order valence-corrected chi connectivity index (χ2v) is 4.27. The van der Waals surface area contributed by atoms with Crippen LogP contribution in [0, 0.1) is 0 Å². The van der Waals surface area contributed by atoms with Gasteiger partial charge in [0.25, 0.3) is 0 Å². The molecule has 0 aliphatic heterocycles. The Bertz CT molecular complexity index is 249. The summed E-state index contributed by atoms with van der Waals surface area (Å²) in [5.41, 5.74) is 5.50. The van der Waals surface area contributed by atoms with E-state index in [1.165, 1.54) is 4.90 Å². The van der Waals surface area contributed by atoms with E-state index in [1.807, 2.05) is 0 Å². The van der Waals surface area contributed by atoms with Crippen LogP contribution in [0.5, 0.6) is 0 Å². The fourth-order valence-electron chi connectivity index (χ4n) is 1.24. The van der Waals surface area contributed by atoms with Crippen molar-refractivity contribution in [2.45, 2.75) is 38.3 Å². The third-order valence-corrected chi connectivity index (χ3v) is 2.25. The molecular weight excluding hydrogens is 194 g/mol. The van der Waals surface area contributed by atoms with Crippen LogP contribution < -0.4 is 11.1 Å². The molecular formula is C10H19N3O2. The average molecular weight is 213 g/mol. The van der Waals surface area contributed by atoms with Gasteiger partial charge in [-0.3, -0.25) is 9.59 Å². The first kappa shape index (κ1) is 12.0. The molecule has 1 rings (SSSR count). The second-order valence-electron chi connectivity index (χ2n) is 4.27. The van der Waals surface area contributed by atoms with Crippen molar-refractivity contribution in [1.82, 2.24) is 10.2 Å². The molecule has 0 aromatic carbocycles. The zero-order valence-corrected chi connectivity index (χ0v) is 9.32. The summed E-state index contributed by atoms with van der Waals surface area (Å²) in [4.78, 5) is 24.2. The number of likely N-dealkylation sites (N-methyl/N-ethyl adjacent to an activating group) is 1. The summed E-state index contributed by atoms with van der Waals surface area (Å²) in [7, 11) is 1.62. The fraction of sp³-hybridized carbons (Fsp3) is 0.800. The minimum atomic E-state index is -0.161. The lowest BCUT2D eigenvalue weighted by molar-refractivity contribution is -0.135. The first-order valence-electron chi connectivity index (χ1n) is 5.28. The zero-order chi connectivity index (χ0) is 11.4. The van der Waals surface area contributed by atoms with Crippen molar-refractivity contribution < 1.29 is 9.59 Å². The third kappa shape index (κ3) is 4.78. The van der Waals surface area contributed by atoms with Crippen molar-refractivity contribution >= 4 is 11.8 Å². The van der Waals surface area contributed by atoms with E-state index in [4.69, 9.17) is 5.73 Å².